The maximum Gasteiger partial charge on any atom is 0.353 e. The topological polar surface area (TPSA) is 134 Å². The molecule has 3 N–H and O–H groups in total. The van der Waals surface area contributed by atoms with Gasteiger partial charge in [0.25, 0.3) is 0 Å². The Morgan fingerprint density at radius 2 is 1.64 bits per heavy atom. The molecule has 3 aromatic carbocycles. The van der Waals surface area contributed by atoms with Crippen molar-refractivity contribution in [2.75, 3.05) is 17.7 Å². The standard InChI is InChI=1S/C26H23N5O5/c1-16-11-13-17(14-12-16)27-22(32)15-31-20-9-5-3-7-18(20)23(26(31)35)29-30-25(34)24(33)28-19-8-4-6-10-21(19)36-2/h3-14,35H,15H2,1-2H3,(H,27,32)(H,28,33). The number of nitrogens with one attached hydrogen (secondary N) is 2. The average Bonchev–Trinajstić information content (AvgIpc) is 3.14. The average molecular weight is 486 g/mol. The van der Waals surface area contributed by atoms with Crippen LogP contribution < -0.4 is 15.4 Å². The molecule has 182 valence electrons. The highest BCUT2D eigenvalue weighted by molar-refractivity contribution is 6.40. The van der Waals surface area contributed by atoms with Crippen LogP contribution in [0.25, 0.3) is 10.9 Å². The van der Waals surface area contributed by atoms with Crippen molar-refractivity contribution in [1.82, 2.24) is 4.57 Å². The van der Waals surface area contributed by atoms with E-state index in [1.165, 1.54) is 11.7 Å². The molecule has 0 atom stereocenters. The Hall–Kier alpha value is -4.99. The zero-order chi connectivity index (χ0) is 25.7. The molecule has 10 nitrogen and oxygen atoms in total. The van der Waals surface area contributed by atoms with Crippen LogP contribution in [0.15, 0.2) is 83.0 Å². The number of aromatic nitrogens is 1. The molecule has 10 heteroatoms. The van der Waals surface area contributed by atoms with Crippen LogP contribution in [0, 0.1) is 6.92 Å². The minimum atomic E-state index is -1.17. The van der Waals surface area contributed by atoms with E-state index in [1.807, 2.05) is 19.1 Å². The summed E-state index contributed by atoms with van der Waals surface area (Å²) in [6.45, 7) is 1.73. The van der Waals surface area contributed by atoms with E-state index in [0.717, 1.165) is 5.56 Å². The number of amides is 3. The highest BCUT2D eigenvalue weighted by Gasteiger charge is 2.20. The monoisotopic (exact) mass is 485 g/mol. The molecule has 1 aromatic heterocycles. The summed E-state index contributed by atoms with van der Waals surface area (Å²) in [7, 11) is 1.44. The van der Waals surface area contributed by atoms with Crippen molar-refractivity contribution in [2.24, 2.45) is 10.2 Å². The van der Waals surface area contributed by atoms with Crippen molar-refractivity contribution in [3.8, 4) is 11.6 Å². The lowest BCUT2D eigenvalue weighted by atomic mass is 10.2. The molecule has 0 bridgehead atoms. The predicted octanol–water partition coefficient (Wildman–Crippen LogP) is 4.55. The van der Waals surface area contributed by atoms with Gasteiger partial charge in [-0.1, -0.05) is 48.0 Å². The second kappa shape index (κ2) is 10.5. The summed E-state index contributed by atoms with van der Waals surface area (Å²) < 4.78 is 6.50. The SMILES string of the molecule is COc1ccccc1NC(=O)C(=O)N=Nc1c(O)n(CC(=O)Nc2ccc(C)cc2)c2ccccc12. The van der Waals surface area contributed by atoms with Gasteiger partial charge in [-0.25, -0.2) is 0 Å². The van der Waals surface area contributed by atoms with Gasteiger partial charge in [0.05, 0.1) is 18.3 Å². The Morgan fingerprint density at radius 3 is 2.39 bits per heavy atom. The summed E-state index contributed by atoms with van der Waals surface area (Å²) in [6.07, 6.45) is 0. The first-order valence-electron chi connectivity index (χ1n) is 10.9. The molecule has 0 fully saturated rings. The van der Waals surface area contributed by atoms with Crippen LogP contribution in [0.5, 0.6) is 11.6 Å². The van der Waals surface area contributed by atoms with Gasteiger partial charge in [0.1, 0.15) is 12.3 Å². The molecule has 1 heterocycles. The molecule has 0 saturated heterocycles. The quantitative estimate of drug-likeness (QED) is 0.272. The number of ether oxygens (including phenoxy) is 1. The lowest BCUT2D eigenvalue weighted by molar-refractivity contribution is -0.134. The summed E-state index contributed by atoms with van der Waals surface area (Å²) in [4.78, 5) is 37.3. The number of rotatable bonds is 6. The van der Waals surface area contributed by atoms with E-state index in [1.54, 1.807) is 60.7 Å². The van der Waals surface area contributed by atoms with Crippen molar-refractivity contribution in [3.63, 3.8) is 0 Å². The van der Waals surface area contributed by atoms with E-state index in [2.05, 4.69) is 20.9 Å². The summed E-state index contributed by atoms with van der Waals surface area (Å²) in [5, 5.41) is 23.8. The number of azo groups is 1. The second-order valence-corrected chi connectivity index (χ2v) is 7.85. The van der Waals surface area contributed by atoms with Crippen LogP contribution >= 0.6 is 0 Å². The fourth-order valence-corrected chi connectivity index (χ4v) is 3.58. The predicted molar refractivity (Wildman–Crippen MR) is 135 cm³/mol. The van der Waals surface area contributed by atoms with E-state index in [4.69, 9.17) is 4.74 Å². The number of aromatic hydroxyl groups is 1. The van der Waals surface area contributed by atoms with E-state index >= 15 is 0 Å². The first kappa shape index (κ1) is 24.1. The van der Waals surface area contributed by atoms with Crippen molar-refractivity contribution >= 4 is 45.7 Å². The Morgan fingerprint density at radius 1 is 0.944 bits per heavy atom. The summed E-state index contributed by atoms with van der Waals surface area (Å²) in [5.41, 5.74) is 2.45. The van der Waals surface area contributed by atoms with Gasteiger partial charge in [-0.05, 0) is 37.3 Å². The van der Waals surface area contributed by atoms with Gasteiger partial charge in [-0.15, -0.1) is 10.2 Å². The second-order valence-electron chi connectivity index (χ2n) is 7.85. The minimum absolute atomic E-state index is 0.0350. The molecule has 36 heavy (non-hydrogen) atoms. The third kappa shape index (κ3) is 5.22. The van der Waals surface area contributed by atoms with Crippen molar-refractivity contribution in [1.29, 1.82) is 0 Å². The van der Waals surface area contributed by atoms with E-state index in [9.17, 15) is 19.5 Å². The van der Waals surface area contributed by atoms with Crippen LogP contribution in [0.4, 0.5) is 17.1 Å². The van der Waals surface area contributed by atoms with E-state index < -0.39 is 11.8 Å². The smallest absolute Gasteiger partial charge is 0.353 e. The van der Waals surface area contributed by atoms with Crippen LogP contribution in [-0.2, 0) is 20.9 Å². The molecule has 0 aliphatic heterocycles. The molecule has 0 aliphatic carbocycles. The first-order chi connectivity index (χ1) is 17.4. The van der Waals surface area contributed by atoms with Gasteiger partial charge in [0.2, 0.25) is 11.8 Å². The van der Waals surface area contributed by atoms with Gasteiger partial charge in [0.15, 0.2) is 5.69 Å². The zero-order valence-corrected chi connectivity index (χ0v) is 19.6. The normalized spacial score (nSPS) is 10.9. The minimum Gasteiger partial charge on any atom is -0.495 e. The zero-order valence-electron chi connectivity index (χ0n) is 19.6. The van der Waals surface area contributed by atoms with Crippen molar-refractivity contribution < 1.29 is 24.2 Å². The molecule has 0 unspecified atom stereocenters. The number of benzene rings is 3. The number of carbonyl (C=O) groups is 3. The Balaban J connectivity index is 1.54. The maximum absolute atomic E-state index is 12.6. The van der Waals surface area contributed by atoms with E-state index in [-0.39, 0.29) is 24.0 Å². The summed E-state index contributed by atoms with van der Waals surface area (Å²) in [6, 6.07) is 20.7. The van der Waals surface area contributed by atoms with Crippen molar-refractivity contribution in [3.05, 3.63) is 78.4 Å². The lowest BCUT2D eigenvalue weighted by Gasteiger charge is -2.08. The largest absolute Gasteiger partial charge is 0.495 e. The molecule has 0 saturated carbocycles. The molecular formula is C26H23N5O5. The number of aryl methyl sites for hydroxylation is 1. The number of anilines is 2. The number of methoxy groups -OCH3 is 1. The molecule has 0 spiro atoms. The summed E-state index contributed by atoms with van der Waals surface area (Å²) >= 11 is 0. The number of fused-ring (bicyclic) bond motifs is 1. The highest BCUT2D eigenvalue weighted by atomic mass is 16.5. The maximum atomic E-state index is 12.6. The molecule has 0 aliphatic rings. The van der Waals surface area contributed by atoms with Gasteiger partial charge >= 0.3 is 11.8 Å². The Labute approximate surface area is 206 Å². The first-order valence-corrected chi connectivity index (χ1v) is 10.9. The number of hydrogen-bond acceptors (Lipinski definition) is 6. The van der Waals surface area contributed by atoms with Gasteiger partial charge in [0, 0.05) is 11.1 Å². The summed E-state index contributed by atoms with van der Waals surface area (Å²) in [5.74, 6) is -2.55. The molecule has 4 aromatic rings. The molecule has 0 radical (unpaired) electrons. The van der Waals surface area contributed by atoms with Crippen LogP contribution in [0.1, 0.15) is 5.56 Å². The molecule has 3 amide bonds. The van der Waals surface area contributed by atoms with Gasteiger partial charge in [-0.3, -0.25) is 14.4 Å². The van der Waals surface area contributed by atoms with Crippen LogP contribution in [0.2, 0.25) is 0 Å². The third-order valence-electron chi connectivity index (χ3n) is 5.34. The van der Waals surface area contributed by atoms with Crippen molar-refractivity contribution in [2.45, 2.75) is 13.5 Å². The number of nitrogens with zero attached hydrogens (tertiary/aromatic N) is 3. The van der Waals surface area contributed by atoms with Crippen LogP contribution in [0.3, 0.4) is 0 Å². The van der Waals surface area contributed by atoms with E-state index in [0.29, 0.717) is 28.0 Å². The fraction of sp³-hybridized carbons (Fsp3) is 0.115. The molecular weight excluding hydrogens is 462 g/mol. The lowest BCUT2D eigenvalue weighted by Crippen LogP contribution is -2.20. The Kier molecular flexibility index (Phi) is 7.05. The molecule has 4 rings (SSSR count). The fourth-order valence-electron chi connectivity index (χ4n) is 3.58. The number of para-hydroxylation sites is 3. The van der Waals surface area contributed by atoms with Gasteiger partial charge in [-0.2, -0.15) is 0 Å². The Bertz CT molecular complexity index is 1470. The van der Waals surface area contributed by atoms with Gasteiger partial charge < -0.3 is 25.0 Å². The number of carbonyl (C=O) groups excluding carboxylic acids is 3. The highest BCUT2D eigenvalue weighted by Crippen LogP contribution is 2.38. The third-order valence-corrected chi connectivity index (χ3v) is 5.34. The van der Waals surface area contributed by atoms with Crippen LogP contribution in [-0.4, -0.2) is 34.5 Å². The number of hydrogen-bond donors (Lipinski definition) is 3.